The first-order valence-electron chi connectivity index (χ1n) is 5.55. The number of hydrogen-bond donors (Lipinski definition) is 1. The first kappa shape index (κ1) is 14.4. The van der Waals surface area contributed by atoms with Gasteiger partial charge >= 0.3 is 51.4 Å². The van der Waals surface area contributed by atoms with Gasteiger partial charge in [-0.1, -0.05) is 0 Å². The Hall–Kier alpha value is -0.0236. The summed E-state index contributed by atoms with van der Waals surface area (Å²) in [5.41, 5.74) is 0.835. The van der Waals surface area contributed by atoms with Crippen LogP contribution in [0.1, 0.15) is 0 Å². The van der Waals surface area contributed by atoms with E-state index < -0.39 is 6.43 Å². The molecule has 8 heteroatoms. The van der Waals surface area contributed by atoms with Gasteiger partial charge in [-0.2, -0.15) is 0 Å². The predicted molar refractivity (Wildman–Crippen MR) is 59.8 cm³/mol. The fourth-order valence-corrected chi connectivity index (χ4v) is 2.31. The first-order chi connectivity index (χ1) is 8.25. The molecule has 0 atom stereocenters. The van der Waals surface area contributed by atoms with Crippen molar-refractivity contribution < 1.29 is 60.2 Å². The zero-order valence-electron chi connectivity index (χ0n) is 10.2. The van der Waals surface area contributed by atoms with Crippen molar-refractivity contribution in [2.45, 2.75) is 6.43 Å². The molecule has 18 heavy (non-hydrogen) atoms. The maximum atomic E-state index is 12.5. The number of aromatic nitrogens is 2. The Morgan fingerprint density at radius 1 is 1.28 bits per heavy atom. The summed E-state index contributed by atoms with van der Waals surface area (Å²) < 4.78 is 25.0. The van der Waals surface area contributed by atoms with E-state index in [1.807, 2.05) is 0 Å². The Morgan fingerprint density at radius 3 is 2.89 bits per heavy atom. The second-order valence-electron chi connectivity index (χ2n) is 4.10. The molecule has 5 nitrogen and oxygen atoms in total. The number of alkyl halides is 2. The van der Waals surface area contributed by atoms with Crippen molar-refractivity contribution in [2.75, 3.05) is 47.8 Å². The van der Waals surface area contributed by atoms with Crippen LogP contribution in [0.4, 0.5) is 26.1 Å². The molecule has 92 valence electrons. The third-order valence-corrected chi connectivity index (χ3v) is 3.04. The van der Waals surface area contributed by atoms with Crippen molar-refractivity contribution in [3.05, 3.63) is 6.33 Å². The van der Waals surface area contributed by atoms with Gasteiger partial charge in [0.2, 0.25) is 0 Å². The Morgan fingerprint density at radius 2 is 2.11 bits per heavy atom. The molecule has 1 N–H and O–H groups in total. The molecule has 0 bridgehead atoms. The maximum Gasteiger partial charge on any atom is 1.00 e. The smallest absolute Gasteiger partial charge is 0.419 e. The fourth-order valence-electron chi connectivity index (χ4n) is 2.31. The summed E-state index contributed by atoms with van der Waals surface area (Å²) in [6, 6.07) is 0. The summed E-state index contributed by atoms with van der Waals surface area (Å²) in [5.74, 6) is 1.26. The molecule has 2 aliphatic rings. The standard InChI is InChI=1S/C10H12F2N5.K/c11-7(12)5-17-4-3-16-2-1-13-9-8(16)10(17)15-6-14-9;/h7H,1-5H2,(H,13,14,15);/q-1;+1. The van der Waals surface area contributed by atoms with Crippen molar-refractivity contribution in [3.63, 3.8) is 0 Å². The molecular formula is C10H12F2KN5. The van der Waals surface area contributed by atoms with Gasteiger partial charge in [-0.05, 0) is 0 Å². The third kappa shape index (κ3) is 2.62. The SMILES string of the molecule is FC(F)CN1CCN2CCNc3n[c-]nc1c32.[K+]. The summed E-state index contributed by atoms with van der Waals surface area (Å²) in [6.07, 6.45) is 0.164. The molecule has 0 aliphatic carbocycles. The molecule has 3 heterocycles. The van der Waals surface area contributed by atoms with Crippen LogP contribution < -0.4 is 66.5 Å². The van der Waals surface area contributed by atoms with Gasteiger partial charge in [0.1, 0.15) is 0 Å². The average molecular weight is 279 g/mol. The fraction of sp³-hybridized carbons (Fsp3) is 0.600. The first-order valence-corrected chi connectivity index (χ1v) is 5.55. The summed E-state index contributed by atoms with van der Waals surface area (Å²) in [4.78, 5) is 11.8. The molecule has 0 saturated heterocycles. The van der Waals surface area contributed by atoms with Gasteiger partial charge in [0.15, 0.2) is 0 Å². The maximum absolute atomic E-state index is 12.5. The normalized spacial score (nSPS) is 17.1. The van der Waals surface area contributed by atoms with Crippen LogP contribution in [0.15, 0.2) is 0 Å². The number of hydrogen-bond acceptors (Lipinski definition) is 5. The second-order valence-corrected chi connectivity index (χ2v) is 4.10. The minimum absolute atomic E-state index is 0. The van der Waals surface area contributed by atoms with Gasteiger partial charge in [-0.15, -0.1) is 0 Å². The van der Waals surface area contributed by atoms with E-state index in [0.717, 1.165) is 25.3 Å². The van der Waals surface area contributed by atoms with Crippen LogP contribution in [0, 0.1) is 6.33 Å². The molecule has 0 unspecified atom stereocenters. The van der Waals surface area contributed by atoms with Gasteiger partial charge < -0.3 is 25.1 Å². The molecule has 0 amide bonds. The zero-order chi connectivity index (χ0) is 11.8. The van der Waals surface area contributed by atoms with Gasteiger partial charge in [-0.25, -0.2) is 8.78 Å². The van der Waals surface area contributed by atoms with Crippen LogP contribution in [0.2, 0.25) is 0 Å². The van der Waals surface area contributed by atoms with E-state index in [1.54, 1.807) is 4.90 Å². The minimum atomic E-state index is -2.36. The Labute approximate surface area is 146 Å². The monoisotopic (exact) mass is 279 g/mol. The molecule has 0 saturated carbocycles. The van der Waals surface area contributed by atoms with Crippen LogP contribution in [-0.4, -0.2) is 49.1 Å². The number of anilines is 3. The summed E-state index contributed by atoms with van der Waals surface area (Å²) in [5, 5.41) is 3.14. The molecule has 3 rings (SSSR count). The number of nitrogens with zero attached hydrogens (tertiary/aromatic N) is 4. The largest absolute Gasteiger partial charge is 1.00 e. The third-order valence-electron chi connectivity index (χ3n) is 3.04. The van der Waals surface area contributed by atoms with E-state index in [9.17, 15) is 8.78 Å². The van der Waals surface area contributed by atoms with E-state index in [1.165, 1.54) is 0 Å². The molecule has 0 fully saturated rings. The van der Waals surface area contributed by atoms with E-state index in [4.69, 9.17) is 0 Å². The summed E-state index contributed by atoms with van der Waals surface area (Å²) >= 11 is 0. The summed E-state index contributed by atoms with van der Waals surface area (Å²) in [7, 11) is 0. The Balaban J connectivity index is 0.00000120. The van der Waals surface area contributed by atoms with E-state index in [-0.39, 0.29) is 57.9 Å². The molecule has 0 spiro atoms. The molecule has 1 aromatic rings. The van der Waals surface area contributed by atoms with Gasteiger partial charge in [0.25, 0.3) is 6.43 Å². The minimum Gasteiger partial charge on any atom is -0.419 e. The number of halogens is 2. The van der Waals surface area contributed by atoms with Crippen LogP contribution >= 0.6 is 0 Å². The number of rotatable bonds is 2. The van der Waals surface area contributed by atoms with Crippen molar-refractivity contribution in [2.24, 2.45) is 0 Å². The van der Waals surface area contributed by atoms with Gasteiger partial charge in [0, 0.05) is 49.8 Å². The second kappa shape index (κ2) is 5.95. The van der Waals surface area contributed by atoms with Crippen LogP contribution in [0.5, 0.6) is 0 Å². The Kier molecular flexibility index (Phi) is 4.76. The Bertz CT molecular complexity index is 431. The molecule has 2 aliphatic heterocycles. The van der Waals surface area contributed by atoms with Gasteiger partial charge in [-0.3, -0.25) is 0 Å². The van der Waals surface area contributed by atoms with Gasteiger partial charge in [0.05, 0.1) is 6.54 Å². The topological polar surface area (TPSA) is 44.3 Å². The van der Waals surface area contributed by atoms with E-state index >= 15 is 0 Å². The summed E-state index contributed by atoms with van der Waals surface area (Å²) in [6.45, 7) is 2.69. The molecular weight excluding hydrogens is 267 g/mol. The van der Waals surface area contributed by atoms with Crippen molar-refractivity contribution in [1.29, 1.82) is 0 Å². The quantitative estimate of drug-likeness (QED) is 0.483. The van der Waals surface area contributed by atoms with E-state index in [0.29, 0.717) is 18.2 Å². The molecule has 0 radical (unpaired) electrons. The number of nitrogens with one attached hydrogen (secondary N) is 1. The van der Waals surface area contributed by atoms with Crippen LogP contribution in [0.25, 0.3) is 0 Å². The predicted octanol–water partition coefficient (Wildman–Crippen LogP) is -2.40. The van der Waals surface area contributed by atoms with Crippen LogP contribution in [0.3, 0.4) is 0 Å². The van der Waals surface area contributed by atoms with E-state index in [2.05, 4.69) is 26.5 Å². The van der Waals surface area contributed by atoms with Crippen molar-refractivity contribution >= 4 is 17.3 Å². The molecule has 1 aromatic heterocycles. The average Bonchev–Trinajstić information content (AvgIpc) is 2.33. The van der Waals surface area contributed by atoms with Crippen LogP contribution in [-0.2, 0) is 0 Å². The van der Waals surface area contributed by atoms with Crippen molar-refractivity contribution in [1.82, 2.24) is 9.97 Å². The zero-order valence-corrected chi connectivity index (χ0v) is 13.3. The molecule has 0 aromatic carbocycles. The van der Waals surface area contributed by atoms with Crippen molar-refractivity contribution in [3.8, 4) is 0 Å².